The van der Waals surface area contributed by atoms with Gasteiger partial charge in [-0.1, -0.05) is 17.3 Å². The molecule has 4 heterocycles. The number of morpholine rings is 1. The van der Waals surface area contributed by atoms with Gasteiger partial charge in [0.15, 0.2) is 5.76 Å². The van der Waals surface area contributed by atoms with Crippen molar-refractivity contribution in [1.82, 2.24) is 25.1 Å². The van der Waals surface area contributed by atoms with Crippen LogP contribution in [0.4, 0.5) is 23.3 Å². The number of nitrogen functional groups attached to an aromatic ring is 1. The van der Waals surface area contributed by atoms with E-state index in [1.54, 1.807) is 12.4 Å². The van der Waals surface area contributed by atoms with Crippen LogP contribution in [-0.2, 0) is 4.74 Å². The van der Waals surface area contributed by atoms with Gasteiger partial charge in [-0.2, -0.15) is 0 Å². The van der Waals surface area contributed by atoms with Crippen molar-refractivity contribution in [2.24, 2.45) is 0 Å². The van der Waals surface area contributed by atoms with E-state index < -0.39 is 0 Å². The highest BCUT2D eigenvalue weighted by Gasteiger charge is 2.18. The largest absolute Gasteiger partial charge is 0.399 e. The number of hydrogen-bond acceptors (Lipinski definition) is 10. The van der Waals surface area contributed by atoms with Crippen LogP contribution < -0.4 is 16.0 Å². The second kappa shape index (κ2) is 8.99. The van der Waals surface area contributed by atoms with Crippen molar-refractivity contribution in [3.8, 4) is 22.7 Å². The lowest BCUT2D eigenvalue weighted by atomic mass is 10.1. The number of fused-ring (bicyclic) bond motifs is 1. The molecule has 1 saturated heterocycles. The molecular formula is C25H22N8O2. The Hall–Kier alpha value is -4.57. The van der Waals surface area contributed by atoms with Crippen molar-refractivity contribution in [2.45, 2.75) is 0 Å². The summed E-state index contributed by atoms with van der Waals surface area (Å²) in [7, 11) is 0. The Bertz CT molecular complexity index is 1500. The number of benzene rings is 2. The van der Waals surface area contributed by atoms with Crippen LogP contribution in [0.3, 0.4) is 0 Å². The number of aromatic nitrogens is 5. The lowest BCUT2D eigenvalue weighted by Crippen LogP contribution is -2.37. The van der Waals surface area contributed by atoms with Gasteiger partial charge in [0.2, 0.25) is 11.9 Å². The zero-order chi connectivity index (χ0) is 23.6. The first kappa shape index (κ1) is 21.0. The molecule has 10 heteroatoms. The van der Waals surface area contributed by atoms with Crippen LogP contribution in [0.15, 0.2) is 71.5 Å². The summed E-state index contributed by atoms with van der Waals surface area (Å²) in [5, 5.41) is 8.27. The molecule has 35 heavy (non-hydrogen) atoms. The third kappa shape index (κ3) is 4.34. The van der Waals surface area contributed by atoms with Crippen molar-refractivity contribution in [3.63, 3.8) is 0 Å². The molecule has 0 aliphatic carbocycles. The lowest BCUT2D eigenvalue weighted by molar-refractivity contribution is 0.122. The molecule has 10 nitrogen and oxygen atoms in total. The van der Waals surface area contributed by atoms with Gasteiger partial charge < -0.3 is 25.2 Å². The third-order valence-electron chi connectivity index (χ3n) is 5.74. The summed E-state index contributed by atoms with van der Waals surface area (Å²) < 4.78 is 11.1. The van der Waals surface area contributed by atoms with Crippen LogP contribution in [0.25, 0.3) is 33.6 Å². The average molecular weight is 467 g/mol. The van der Waals surface area contributed by atoms with E-state index >= 15 is 0 Å². The van der Waals surface area contributed by atoms with E-state index in [0.717, 1.165) is 40.9 Å². The van der Waals surface area contributed by atoms with Crippen LogP contribution in [0.1, 0.15) is 0 Å². The van der Waals surface area contributed by atoms with E-state index in [-0.39, 0.29) is 0 Å². The molecule has 1 aliphatic rings. The van der Waals surface area contributed by atoms with E-state index in [1.165, 1.54) is 0 Å². The molecule has 1 fully saturated rings. The monoisotopic (exact) mass is 466 g/mol. The molecule has 0 bridgehead atoms. The fourth-order valence-electron chi connectivity index (χ4n) is 4.00. The maximum absolute atomic E-state index is 5.88. The molecule has 0 unspecified atom stereocenters. The minimum absolute atomic E-state index is 0.477. The van der Waals surface area contributed by atoms with E-state index in [9.17, 15) is 0 Å². The van der Waals surface area contributed by atoms with Crippen LogP contribution in [0, 0.1) is 0 Å². The number of hydrogen-bond donors (Lipinski definition) is 2. The first-order valence-corrected chi connectivity index (χ1v) is 11.2. The van der Waals surface area contributed by atoms with Crippen molar-refractivity contribution < 1.29 is 9.26 Å². The Kier molecular flexibility index (Phi) is 5.39. The Morgan fingerprint density at radius 1 is 0.886 bits per heavy atom. The quantitative estimate of drug-likeness (QED) is 0.368. The fourth-order valence-corrected chi connectivity index (χ4v) is 4.00. The van der Waals surface area contributed by atoms with Crippen molar-refractivity contribution in [3.05, 3.63) is 67.0 Å². The van der Waals surface area contributed by atoms with E-state index in [0.29, 0.717) is 42.3 Å². The van der Waals surface area contributed by atoms with Crippen molar-refractivity contribution in [1.29, 1.82) is 0 Å². The van der Waals surface area contributed by atoms with E-state index in [4.69, 9.17) is 20.0 Å². The van der Waals surface area contributed by atoms with Crippen LogP contribution in [0.2, 0.25) is 0 Å². The molecule has 0 saturated carbocycles. The Morgan fingerprint density at radius 3 is 2.63 bits per heavy atom. The van der Waals surface area contributed by atoms with Crippen molar-refractivity contribution in [2.75, 3.05) is 42.3 Å². The van der Waals surface area contributed by atoms with Gasteiger partial charge in [0, 0.05) is 42.4 Å². The van der Waals surface area contributed by atoms with E-state index in [1.807, 2.05) is 54.6 Å². The molecule has 3 aromatic heterocycles. The van der Waals surface area contributed by atoms with Gasteiger partial charge in [-0.3, -0.25) is 0 Å². The summed E-state index contributed by atoms with van der Waals surface area (Å²) in [5.41, 5.74) is 10.4. The maximum atomic E-state index is 5.88. The minimum atomic E-state index is 0.477. The third-order valence-corrected chi connectivity index (χ3v) is 5.74. The summed E-state index contributed by atoms with van der Waals surface area (Å²) in [6.07, 6.45) is 3.46. The van der Waals surface area contributed by atoms with Gasteiger partial charge in [-0.25, -0.2) is 19.9 Å². The lowest BCUT2D eigenvalue weighted by Gasteiger charge is -2.26. The first-order chi connectivity index (χ1) is 17.2. The van der Waals surface area contributed by atoms with Gasteiger partial charge in [0.1, 0.15) is 11.2 Å². The number of ether oxygens (including phenoxy) is 1. The molecule has 0 atom stereocenters. The topological polar surface area (TPSA) is 128 Å². The van der Waals surface area contributed by atoms with Crippen molar-refractivity contribution >= 4 is 34.2 Å². The van der Waals surface area contributed by atoms with Gasteiger partial charge in [-0.05, 0) is 42.5 Å². The number of rotatable bonds is 5. The Morgan fingerprint density at radius 2 is 1.74 bits per heavy atom. The molecular weight excluding hydrogens is 444 g/mol. The standard InChI is InChI=1S/C25H22N8O2/c26-17-2-1-3-18(15-17)29-24-27-8-6-20(30-24)16-4-5-21-19(14-16)23(35-32-21)22-7-9-28-25(31-22)33-10-12-34-13-11-33/h1-9,14-15H,10-13,26H2,(H,27,29,30). The number of nitrogens with one attached hydrogen (secondary N) is 1. The molecule has 2 aromatic carbocycles. The first-order valence-electron chi connectivity index (χ1n) is 11.2. The summed E-state index contributed by atoms with van der Waals surface area (Å²) in [5.74, 6) is 1.72. The maximum Gasteiger partial charge on any atom is 0.227 e. The summed E-state index contributed by atoms with van der Waals surface area (Å²) in [4.78, 5) is 20.3. The normalized spacial score (nSPS) is 13.8. The van der Waals surface area contributed by atoms with Gasteiger partial charge in [-0.15, -0.1) is 0 Å². The smallest absolute Gasteiger partial charge is 0.227 e. The Balaban J connectivity index is 1.33. The van der Waals surface area contributed by atoms with Crippen LogP contribution in [-0.4, -0.2) is 51.4 Å². The molecule has 3 N–H and O–H groups in total. The fraction of sp³-hybridized carbons (Fsp3) is 0.160. The highest BCUT2D eigenvalue weighted by Crippen LogP contribution is 2.31. The molecule has 174 valence electrons. The highest BCUT2D eigenvalue weighted by atomic mass is 16.5. The zero-order valence-corrected chi connectivity index (χ0v) is 18.8. The predicted octanol–water partition coefficient (Wildman–Crippen LogP) is 3.90. The minimum Gasteiger partial charge on any atom is -0.399 e. The van der Waals surface area contributed by atoms with Gasteiger partial charge >= 0.3 is 0 Å². The van der Waals surface area contributed by atoms with Crippen LogP contribution in [0.5, 0.6) is 0 Å². The summed E-state index contributed by atoms with van der Waals surface area (Å²) in [6.45, 7) is 2.83. The number of nitrogens with two attached hydrogens (primary N) is 1. The SMILES string of the molecule is Nc1cccc(Nc2nccc(-c3ccc4noc(-c5ccnc(N6CCOCC6)n5)c4c3)n2)c1. The van der Waals surface area contributed by atoms with Crippen LogP contribution >= 0.6 is 0 Å². The highest BCUT2D eigenvalue weighted by molar-refractivity contribution is 5.93. The number of nitrogens with zero attached hydrogens (tertiary/aromatic N) is 6. The second-order valence-corrected chi connectivity index (χ2v) is 8.10. The molecule has 1 aliphatic heterocycles. The summed E-state index contributed by atoms with van der Waals surface area (Å²) in [6, 6.07) is 17.0. The number of anilines is 4. The predicted molar refractivity (Wildman–Crippen MR) is 133 cm³/mol. The molecule has 0 spiro atoms. The van der Waals surface area contributed by atoms with E-state index in [2.05, 4.69) is 30.3 Å². The Labute approximate surface area is 200 Å². The molecule has 5 aromatic rings. The molecule has 6 rings (SSSR count). The van der Waals surface area contributed by atoms with Gasteiger partial charge in [0.05, 0.1) is 24.3 Å². The second-order valence-electron chi connectivity index (χ2n) is 8.10. The zero-order valence-electron chi connectivity index (χ0n) is 18.8. The molecule has 0 amide bonds. The summed E-state index contributed by atoms with van der Waals surface area (Å²) >= 11 is 0. The average Bonchev–Trinajstić information content (AvgIpc) is 3.33. The van der Waals surface area contributed by atoms with Gasteiger partial charge in [0.25, 0.3) is 0 Å². The molecule has 0 radical (unpaired) electrons.